The zero-order valence-corrected chi connectivity index (χ0v) is 13.3. The molecular formula is C17H20O3S. The minimum Gasteiger partial charge on any atom is -0.387 e. The van der Waals surface area contributed by atoms with Crippen LogP contribution in [0.1, 0.15) is 28.4 Å². The van der Waals surface area contributed by atoms with Crippen molar-refractivity contribution >= 4 is 9.84 Å². The van der Waals surface area contributed by atoms with Crippen molar-refractivity contribution in [2.24, 2.45) is 0 Å². The smallest absolute Gasteiger partial charge is 0.181 e. The van der Waals surface area contributed by atoms with E-state index < -0.39 is 15.9 Å². The van der Waals surface area contributed by atoms with Crippen LogP contribution >= 0.6 is 0 Å². The van der Waals surface area contributed by atoms with E-state index in [2.05, 4.69) is 0 Å². The summed E-state index contributed by atoms with van der Waals surface area (Å²) in [5.41, 5.74) is 3.55. The van der Waals surface area contributed by atoms with E-state index >= 15 is 0 Å². The Morgan fingerprint density at radius 1 is 0.952 bits per heavy atom. The predicted octanol–water partition coefficient (Wildman–Crippen LogP) is 3.12. The number of hydrogen-bond donors (Lipinski definition) is 1. The molecule has 0 fully saturated rings. The highest BCUT2D eigenvalue weighted by atomic mass is 32.2. The van der Waals surface area contributed by atoms with Crippen LogP contribution in [0.4, 0.5) is 0 Å². The molecular weight excluding hydrogens is 284 g/mol. The highest BCUT2D eigenvalue weighted by molar-refractivity contribution is 7.91. The summed E-state index contributed by atoms with van der Waals surface area (Å²) in [6.07, 6.45) is -1.02. The van der Waals surface area contributed by atoms with Crippen LogP contribution in [0.2, 0.25) is 0 Å². The Balaban J connectivity index is 2.27. The Hall–Kier alpha value is -1.65. The van der Waals surface area contributed by atoms with Crippen molar-refractivity contribution in [3.63, 3.8) is 0 Å². The van der Waals surface area contributed by atoms with E-state index in [0.717, 1.165) is 16.7 Å². The second kappa shape index (κ2) is 6.00. The summed E-state index contributed by atoms with van der Waals surface area (Å²) in [4.78, 5) is 0.255. The topological polar surface area (TPSA) is 54.4 Å². The molecule has 0 aliphatic heterocycles. The molecule has 0 heterocycles. The van der Waals surface area contributed by atoms with E-state index in [4.69, 9.17) is 0 Å². The van der Waals surface area contributed by atoms with Crippen LogP contribution in [-0.2, 0) is 9.84 Å². The van der Waals surface area contributed by atoms with Crippen molar-refractivity contribution in [3.8, 4) is 0 Å². The Bertz CT molecular complexity index is 728. The first-order chi connectivity index (χ1) is 9.78. The van der Waals surface area contributed by atoms with Crippen LogP contribution in [0.25, 0.3) is 0 Å². The van der Waals surface area contributed by atoms with Gasteiger partial charge in [0.15, 0.2) is 9.84 Å². The minimum absolute atomic E-state index is 0.255. The molecule has 0 bridgehead atoms. The lowest BCUT2D eigenvalue weighted by atomic mass is 10.0. The van der Waals surface area contributed by atoms with Gasteiger partial charge in [-0.2, -0.15) is 0 Å². The summed E-state index contributed by atoms with van der Waals surface area (Å²) in [6, 6.07) is 12.4. The second-order valence-electron chi connectivity index (χ2n) is 5.53. The first-order valence-corrected chi connectivity index (χ1v) is 8.49. The van der Waals surface area contributed by atoms with Gasteiger partial charge >= 0.3 is 0 Å². The Kier molecular flexibility index (Phi) is 4.49. The highest BCUT2D eigenvalue weighted by Crippen LogP contribution is 2.22. The molecule has 0 amide bonds. The fourth-order valence-corrected chi connectivity index (χ4v) is 3.86. The molecule has 112 valence electrons. The van der Waals surface area contributed by atoms with Crippen molar-refractivity contribution in [1.29, 1.82) is 0 Å². The largest absolute Gasteiger partial charge is 0.387 e. The number of rotatable bonds is 4. The lowest BCUT2D eigenvalue weighted by Gasteiger charge is -2.13. The molecule has 0 spiro atoms. The molecule has 21 heavy (non-hydrogen) atoms. The molecule has 0 aromatic heterocycles. The Labute approximate surface area is 126 Å². The fourth-order valence-electron chi connectivity index (χ4n) is 2.41. The first kappa shape index (κ1) is 15.7. The maximum atomic E-state index is 12.4. The molecule has 1 N–H and O–H groups in total. The number of aliphatic hydroxyl groups is 1. The van der Waals surface area contributed by atoms with Crippen molar-refractivity contribution in [1.82, 2.24) is 0 Å². The third-order valence-electron chi connectivity index (χ3n) is 3.35. The fraction of sp³-hybridized carbons (Fsp3) is 0.294. The lowest BCUT2D eigenvalue weighted by molar-refractivity contribution is 0.201. The molecule has 4 heteroatoms. The van der Waals surface area contributed by atoms with E-state index in [9.17, 15) is 13.5 Å². The van der Waals surface area contributed by atoms with Gasteiger partial charge in [0, 0.05) is 0 Å². The van der Waals surface area contributed by atoms with Crippen molar-refractivity contribution in [2.45, 2.75) is 31.8 Å². The van der Waals surface area contributed by atoms with E-state index in [1.807, 2.05) is 45.0 Å². The van der Waals surface area contributed by atoms with Crippen molar-refractivity contribution in [3.05, 3.63) is 64.7 Å². The minimum atomic E-state index is -3.51. The third kappa shape index (κ3) is 3.93. The lowest BCUT2D eigenvalue weighted by Crippen LogP contribution is -2.15. The van der Waals surface area contributed by atoms with Crippen LogP contribution < -0.4 is 0 Å². The number of sulfone groups is 1. The number of aliphatic hydroxyl groups excluding tert-OH is 1. The summed E-state index contributed by atoms with van der Waals surface area (Å²) >= 11 is 0. The number of hydrogen-bond acceptors (Lipinski definition) is 3. The SMILES string of the molecule is Cc1cc(C)cc(C(O)CS(=O)(=O)c2cccc(C)c2)c1. The van der Waals surface area contributed by atoms with Crippen LogP contribution in [0, 0.1) is 20.8 Å². The highest BCUT2D eigenvalue weighted by Gasteiger charge is 2.21. The van der Waals surface area contributed by atoms with Gasteiger partial charge in [-0.05, 0) is 44.0 Å². The normalized spacial score (nSPS) is 13.1. The summed E-state index contributed by atoms with van der Waals surface area (Å²) in [5.74, 6) is -0.306. The molecule has 1 atom stereocenters. The number of benzene rings is 2. The summed E-state index contributed by atoms with van der Waals surface area (Å²) in [5, 5.41) is 10.3. The molecule has 0 saturated carbocycles. The van der Waals surface area contributed by atoms with Crippen LogP contribution in [0.5, 0.6) is 0 Å². The van der Waals surface area contributed by atoms with E-state index in [0.29, 0.717) is 5.56 Å². The van der Waals surface area contributed by atoms with Crippen LogP contribution in [-0.4, -0.2) is 19.3 Å². The van der Waals surface area contributed by atoms with Crippen molar-refractivity contribution in [2.75, 3.05) is 5.75 Å². The van der Waals surface area contributed by atoms with Gasteiger partial charge in [0.2, 0.25) is 0 Å². The molecule has 3 nitrogen and oxygen atoms in total. The van der Waals surface area contributed by atoms with Gasteiger partial charge in [0.1, 0.15) is 0 Å². The van der Waals surface area contributed by atoms with Gasteiger partial charge in [-0.25, -0.2) is 8.42 Å². The van der Waals surface area contributed by atoms with Crippen LogP contribution in [0.15, 0.2) is 47.4 Å². The van der Waals surface area contributed by atoms with E-state index in [1.165, 1.54) is 0 Å². The van der Waals surface area contributed by atoms with E-state index in [1.54, 1.807) is 18.2 Å². The Morgan fingerprint density at radius 3 is 2.14 bits per heavy atom. The number of aryl methyl sites for hydroxylation is 3. The maximum absolute atomic E-state index is 12.4. The zero-order chi connectivity index (χ0) is 15.6. The molecule has 0 aliphatic rings. The first-order valence-electron chi connectivity index (χ1n) is 6.83. The average molecular weight is 304 g/mol. The van der Waals surface area contributed by atoms with Crippen molar-refractivity contribution < 1.29 is 13.5 Å². The molecule has 2 aromatic rings. The second-order valence-corrected chi connectivity index (χ2v) is 7.57. The van der Waals surface area contributed by atoms with Gasteiger partial charge in [-0.1, -0.05) is 41.5 Å². The van der Waals surface area contributed by atoms with Gasteiger partial charge < -0.3 is 5.11 Å². The quantitative estimate of drug-likeness (QED) is 0.944. The van der Waals surface area contributed by atoms with Gasteiger partial charge in [0.25, 0.3) is 0 Å². The van der Waals surface area contributed by atoms with Gasteiger partial charge in [0.05, 0.1) is 16.8 Å². The van der Waals surface area contributed by atoms with Gasteiger partial charge in [-0.15, -0.1) is 0 Å². The zero-order valence-electron chi connectivity index (χ0n) is 12.5. The molecule has 1 unspecified atom stereocenters. The monoisotopic (exact) mass is 304 g/mol. The summed E-state index contributed by atoms with van der Waals surface area (Å²) in [7, 11) is -3.51. The molecule has 0 aliphatic carbocycles. The summed E-state index contributed by atoms with van der Waals surface area (Å²) < 4.78 is 24.8. The van der Waals surface area contributed by atoms with Crippen LogP contribution in [0.3, 0.4) is 0 Å². The maximum Gasteiger partial charge on any atom is 0.181 e. The molecule has 2 rings (SSSR count). The average Bonchev–Trinajstić information content (AvgIpc) is 2.37. The summed E-state index contributed by atoms with van der Waals surface area (Å²) in [6.45, 7) is 5.70. The molecule has 0 saturated heterocycles. The third-order valence-corrected chi connectivity index (χ3v) is 5.08. The standard InChI is InChI=1S/C17H20O3S/c1-12-5-4-6-16(10-12)21(19,20)11-17(18)15-8-13(2)7-14(3)9-15/h4-10,17-18H,11H2,1-3H3. The van der Waals surface area contributed by atoms with E-state index in [-0.39, 0.29) is 10.6 Å². The predicted molar refractivity (Wildman–Crippen MR) is 84.1 cm³/mol. The van der Waals surface area contributed by atoms with Gasteiger partial charge in [-0.3, -0.25) is 0 Å². The Morgan fingerprint density at radius 2 is 1.57 bits per heavy atom. The molecule has 0 radical (unpaired) electrons. The molecule has 2 aromatic carbocycles.